The summed E-state index contributed by atoms with van der Waals surface area (Å²) in [6, 6.07) is 8.25. The fourth-order valence-electron chi connectivity index (χ4n) is 4.56. The zero-order chi connectivity index (χ0) is 20.8. The highest BCUT2D eigenvalue weighted by Crippen LogP contribution is 2.48. The number of nitrogens with one attached hydrogen (secondary N) is 2. The van der Waals surface area contributed by atoms with Gasteiger partial charge >= 0.3 is 0 Å². The molecule has 2 N–H and O–H groups in total. The molecule has 2 aliphatic rings. The molecule has 156 valence electrons. The van der Waals surface area contributed by atoms with Crippen molar-refractivity contribution >= 4 is 16.8 Å². The SMILES string of the molecule is O=C(CC1CC1)NCC1CC(c2c(-c3ccc(F)cc3)[nH]c3c(F)cc(F)cc23)C1. The van der Waals surface area contributed by atoms with Crippen LogP contribution < -0.4 is 5.32 Å². The number of aromatic nitrogens is 1. The lowest BCUT2D eigenvalue weighted by atomic mass is 9.70. The second-order valence-electron chi connectivity index (χ2n) is 8.72. The van der Waals surface area contributed by atoms with E-state index in [-0.39, 0.29) is 23.2 Å². The average Bonchev–Trinajstić information content (AvgIpc) is 3.40. The number of halogens is 3. The first-order chi connectivity index (χ1) is 14.5. The Kier molecular flexibility index (Phi) is 4.80. The largest absolute Gasteiger partial charge is 0.356 e. The summed E-state index contributed by atoms with van der Waals surface area (Å²) in [7, 11) is 0. The molecule has 0 aliphatic heterocycles. The third-order valence-corrected chi connectivity index (χ3v) is 6.40. The van der Waals surface area contributed by atoms with Gasteiger partial charge in [0.15, 0.2) is 0 Å². The van der Waals surface area contributed by atoms with Crippen LogP contribution in [-0.2, 0) is 4.79 Å². The van der Waals surface area contributed by atoms with Gasteiger partial charge in [-0.25, -0.2) is 13.2 Å². The van der Waals surface area contributed by atoms with Gasteiger partial charge in [-0.3, -0.25) is 4.79 Å². The molecular weight excluding hydrogens is 389 g/mol. The van der Waals surface area contributed by atoms with E-state index in [2.05, 4.69) is 10.3 Å². The molecule has 2 aliphatic carbocycles. The van der Waals surface area contributed by atoms with Gasteiger partial charge in [-0.1, -0.05) is 0 Å². The van der Waals surface area contributed by atoms with Crippen molar-refractivity contribution in [2.24, 2.45) is 11.8 Å². The van der Waals surface area contributed by atoms with Crippen LogP contribution in [0.3, 0.4) is 0 Å². The summed E-state index contributed by atoms with van der Waals surface area (Å²) in [5.41, 5.74) is 2.58. The van der Waals surface area contributed by atoms with Crippen LogP contribution in [0.2, 0.25) is 0 Å². The normalized spacial score (nSPS) is 20.9. The van der Waals surface area contributed by atoms with Crippen molar-refractivity contribution in [3.8, 4) is 11.3 Å². The van der Waals surface area contributed by atoms with E-state index in [1.807, 2.05) is 0 Å². The summed E-state index contributed by atoms with van der Waals surface area (Å²) in [4.78, 5) is 15.0. The summed E-state index contributed by atoms with van der Waals surface area (Å²) in [5.74, 6) is -0.443. The second-order valence-corrected chi connectivity index (χ2v) is 8.72. The molecule has 0 unspecified atom stereocenters. The van der Waals surface area contributed by atoms with Gasteiger partial charge in [0.2, 0.25) is 5.91 Å². The molecule has 1 aromatic heterocycles. The second kappa shape index (κ2) is 7.49. The highest BCUT2D eigenvalue weighted by molar-refractivity contribution is 5.92. The summed E-state index contributed by atoms with van der Waals surface area (Å²) in [6.45, 7) is 0.638. The van der Waals surface area contributed by atoms with Crippen LogP contribution in [0.4, 0.5) is 13.2 Å². The van der Waals surface area contributed by atoms with Gasteiger partial charge in [0.1, 0.15) is 17.5 Å². The van der Waals surface area contributed by atoms with Crippen molar-refractivity contribution < 1.29 is 18.0 Å². The van der Waals surface area contributed by atoms with Crippen LogP contribution in [0.1, 0.15) is 43.6 Å². The highest BCUT2D eigenvalue weighted by Gasteiger charge is 2.35. The Labute approximate surface area is 172 Å². The van der Waals surface area contributed by atoms with Crippen LogP contribution in [0.25, 0.3) is 22.2 Å². The molecule has 30 heavy (non-hydrogen) atoms. The monoisotopic (exact) mass is 412 g/mol. The molecule has 6 heteroatoms. The number of hydrogen-bond donors (Lipinski definition) is 2. The number of amides is 1. The van der Waals surface area contributed by atoms with Crippen molar-refractivity contribution in [3.63, 3.8) is 0 Å². The van der Waals surface area contributed by atoms with E-state index in [0.717, 1.165) is 42.9 Å². The van der Waals surface area contributed by atoms with E-state index in [4.69, 9.17) is 0 Å². The maximum Gasteiger partial charge on any atom is 0.220 e. The summed E-state index contributed by atoms with van der Waals surface area (Å²) >= 11 is 0. The first-order valence-corrected chi connectivity index (χ1v) is 10.5. The zero-order valence-corrected chi connectivity index (χ0v) is 16.5. The Morgan fingerprint density at radius 2 is 1.73 bits per heavy atom. The predicted molar refractivity (Wildman–Crippen MR) is 109 cm³/mol. The molecule has 3 aromatic rings. The van der Waals surface area contributed by atoms with Crippen LogP contribution in [0, 0.1) is 29.3 Å². The zero-order valence-electron chi connectivity index (χ0n) is 16.5. The number of aromatic amines is 1. The van der Waals surface area contributed by atoms with E-state index in [0.29, 0.717) is 35.9 Å². The fraction of sp³-hybridized carbons (Fsp3) is 0.375. The first kappa shape index (κ1) is 19.2. The van der Waals surface area contributed by atoms with Crippen LogP contribution in [-0.4, -0.2) is 17.4 Å². The third-order valence-electron chi connectivity index (χ3n) is 6.40. The number of carbonyl (C=O) groups is 1. The predicted octanol–water partition coefficient (Wildman–Crippen LogP) is 5.66. The molecule has 0 radical (unpaired) electrons. The van der Waals surface area contributed by atoms with Crippen molar-refractivity contribution in [2.45, 2.75) is 38.0 Å². The van der Waals surface area contributed by atoms with Crippen molar-refractivity contribution in [1.29, 1.82) is 0 Å². The Bertz CT molecular complexity index is 1100. The Balaban J connectivity index is 1.39. The molecule has 3 nitrogen and oxygen atoms in total. The molecule has 2 fully saturated rings. The Morgan fingerprint density at radius 1 is 1.00 bits per heavy atom. The lowest BCUT2D eigenvalue weighted by Crippen LogP contribution is -2.35. The first-order valence-electron chi connectivity index (χ1n) is 10.5. The molecule has 2 saturated carbocycles. The molecule has 0 saturated heterocycles. The molecule has 1 heterocycles. The summed E-state index contributed by atoms with van der Waals surface area (Å²) < 4.78 is 41.8. The van der Waals surface area contributed by atoms with E-state index in [9.17, 15) is 18.0 Å². The number of fused-ring (bicyclic) bond motifs is 1. The highest BCUT2D eigenvalue weighted by atomic mass is 19.1. The minimum absolute atomic E-state index is 0.115. The lowest BCUT2D eigenvalue weighted by Gasteiger charge is -2.36. The van der Waals surface area contributed by atoms with E-state index in [1.54, 1.807) is 12.1 Å². The number of hydrogen-bond acceptors (Lipinski definition) is 1. The quantitative estimate of drug-likeness (QED) is 0.539. The van der Waals surface area contributed by atoms with Crippen molar-refractivity contribution in [3.05, 3.63) is 59.4 Å². The Morgan fingerprint density at radius 3 is 2.43 bits per heavy atom. The van der Waals surface area contributed by atoms with Crippen LogP contribution in [0.15, 0.2) is 36.4 Å². The molecule has 1 amide bonds. The van der Waals surface area contributed by atoms with E-state index in [1.165, 1.54) is 18.2 Å². The van der Waals surface area contributed by atoms with Gasteiger partial charge in [0, 0.05) is 24.4 Å². The third kappa shape index (κ3) is 3.71. The Hall–Kier alpha value is -2.76. The van der Waals surface area contributed by atoms with Gasteiger partial charge in [0.05, 0.1) is 11.2 Å². The van der Waals surface area contributed by atoms with Crippen LogP contribution >= 0.6 is 0 Å². The lowest BCUT2D eigenvalue weighted by molar-refractivity contribution is -0.121. The number of carbonyl (C=O) groups excluding carboxylic acids is 1. The van der Waals surface area contributed by atoms with Crippen LogP contribution in [0.5, 0.6) is 0 Å². The minimum atomic E-state index is -0.636. The molecule has 0 bridgehead atoms. The maximum atomic E-state index is 14.4. The van der Waals surface area contributed by atoms with E-state index < -0.39 is 11.6 Å². The average molecular weight is 412 g/mol. The minimum Gasteiger partial charge on any atom is -0.356 e. The topological polar surface area (TPSA) is 44.9 Å². The summed E-state index contributed by atoms with van der Waals surface area (Å²) in [5, 5.41) is 3.56. The standard InChI is InChI=1S/C24H23F3N2O/c25-17-5-3-15(4-6-17)23-22(19-10-18(26)11-20(27)24(19)29-23)16-7-14(8-16)12-28-21(30)9-13-1-2-13/h3-6,10-11,13-14,16,29H,1-2,7-9,12H2,(H,28,30). The number of rotatable bonds is 6. The molecule has 0 atom stereocenters. The number of H-pyrrole nitrogens is 1. The molecule has 5 rings (SSSR count). The van der Waals surface area contributed by atoms with Gasteiger partial charge < -0.3 is 10.3 Å². The van der Waals surface area contributed by atoms with Gasteiger partial charge in [0.25, 0.3) is 0 Å². The molecule has 0 spiro atoms. The molecule has 2 aromatic carbocycles. The smallest absolute Gasteiger partial charge is 0.220 e. The van der Waals surface area contributed by atoms with Gasteiger partial charge in [-0.15, -0.1) is 0 Å². The number of benzene rings is 2. The van der Waals surface area contributed by atoms with Gasteiger partial charge in [-0.2, -0.15) is 0 Å². The van der Waals surface area contributed by atoms with Crippen molar-refractivity contribution in [1.82, 2.24) is 10.3 Å². The fourth-order valence-corrected chi connectivity index (χ4v) is 4.56. The summed E-state index contributed by atoms with van der Waals surface area (Å²) in [6.07, 6.45) is 4.59. The maximum absolute atomic E-state index is 14.4. The van der Waals surface area contributed by atoms with E-state index >= 15 is 0 Å². The van der Waals surface area contributed by atoms with Gasteiger partial charge in [-0.05, 0) is 84.9 Å². The molecular formula is C24H23F3N2O. The van der Waals surface area contributed by atoms with Crippen molar-refractivity contribution in [2.75, 3.05) is 6.54 Å².